The summed E-state index contributed by atoms with van der Waals surface area (Å²) in [7, 11) is 1.84. The van der Waals surface area contributed by atoms with Crippen molar-refractivity contribution in [1.82, 2.24) is 19.7 Å². The molecule has 7 nitrogen and oxygen atoms in total. The van der Waals surface area contributed by atoms with Gasteiger partial charge in [-0.15, -0.1) is 0 Å². The summed E-state index contributed by atoms with van der Waals surface area (Å²) in [5, 5.41) is 4.18. The zero-order valence-electron chi connectivity index (χ0n) is 13.5. The molecule has 2 aliphatic rings. The number of aromatic nitrogens is 3. The van der Waals surface area contributed by atoms with Crippen molar-refractivity contribution in [3.8, 4) is 0 Å². The third-order valence-electron chi connectivity index (χ3n) is 4.90. The molecule has 2 aromatic rings. The number of hydrogen-bond acceptors (Lipinski definition) is 4. The number of rotatable bonds is 2. The molecule has 0 spiro atoms. The Morgan fingerprint density at radius 1 is 1.25 bits per heavy atom. The van der Waals surface area contributed by atoms with Crippen LogP contribution in [0.2, 0.25) is 0 Å². The molecule has 2 fully saturated rings. The number of anilines is 1. The Balaban J connectivity index is 1.61. The summed E-state index contributed by atoms with van der Waals surface area (Å²) in [6.45, 7) is 0.660. The van der Waals surface area contributed by atoms with Crippen LogP contribution in [0.4, 0.5) is 5.69 Å². The molecule has 0 aliphatic carbocycles. The van der Waals surface area contributed by atoms with Gasteiger partial charge in [-0.1, -0.05) is 0 Å². The zero-order chi connectivity index (χ0) is 16.7. The van der Waals surface area contributed by atoms with E-state index in [1.807, 2.05) is 23.0 Å². The number of likely N-dealkylation sites (tertiary alicyclic amines) is 1. The largest absolute Gasteiger partial charge is 0.333 e. The zero-order valence-corrected chi connectivity index (χ0v) is 13.5. The van der Waals surface area contributed by atoms with E-state index in [9.17, 15) is 9.59 Å². The molecule has 0 bridgehead atoms. The second kappa shape index (κ2) is 5.74. The molecule has 0 unspecified atom stereocenters. The van der Waals surface area contributed by atoms with Crippen molar-refractivity contribution in [3.05, 3.63) is 42.5 Å². The minimum Gasteiger partial charge on any atom is -0.333 e. The maximum absolute atomic E-state index is 12.8. The fraction of sp³-hybridized carbons (Fsp3) is 0.412. The van der Waals surface area contributed by atoms with Crippen LogP contribution in [0.25, 0.3) is 0 Å². The smallest absolute Gasteiger partial charge is 0.255 e. The lowest BCUT2D eigenvalue weighted by molar-refractivity contribution is -0.120. The molecule has 2 amide bonds. The van der Waals surface area contributed by atoms with Crippen LogP contribution in [-0.4, -0.2) is 50.1 Å². The summed E-state index contributed by atoms with van der Waals surface area (Å²) >= 11 is 0. The Morgan fingerprint density at radius 3 is 2.83 bits per heavy atom. The maximum Gasteiger partial charge on any atom is 0.255 e. The molecule has 2 saturated heterocycles. The van der Waals surface area contributed by atoms with Gasteiger partial charge in [0.1, 0.15) is 0 Å². The molecule has 0 saturated carbocycles. The second-order valence-electron chi connectivity index (χ2n) is 6.34. The Labute approximate surface area is 139 Å². The predicted octanol–water partition coefficient (Wildman–Crippen LogP) is 1.23. The van der Waals surface area contributed by atoms with Gasteiger partial charge in [0.05, 0.1) is 29.5 Å². The third kappa shape index (κ3) is 2.36. The van der Waals surface area contributed by atoms with Crippen molar-refractivity contribution in [2.45, 2.75) is 31.3 Å². The van der Waals surface area contributed by atoms with Crippen molar-refractivity contribution < 1.29 is 9.59 Å². The van der Waals surface area contributed by atoms with Crippen molar-refractivity contribution in [2.75, 3.05) is 11.4 Å². The van der Waals surface area contributed by atoms with Gasteiger partial charge in [0.25, 0.3) is 5.91 Å². The van der Waals surface area contributed by atoms with Crippen molar-refractivity contribution in [1.29, 1.82) is 0 Å². The fourth-order valence-corrected chi connectivity index (χ4v) is 3.84. The van der Waals surface area contributed by atoms with Crippen LogP contribution in [0.1, 0.15) is 29.6 Å². The average Bonchev–Trinajstić information content (AvgIpc) is 3.21. The number of fused-ring (bicyclic) bond motifs is 1. The number of amides is 2. The first kappa shape index (κ1) is 14.9. The van der Waals surface area contributed by atoms with Crippen LogP contribution in [0.3, 0.4) is 0 Å². The molecule has 2 aromatic heterocycles. The highest BCUT2D eigenvalue weighted by atomic mass is 16.2. The number of pyridine rings is 1. The van der Waals surface area contributed by atoms with Crippen LogP contribution in [0.15, 0.2) is 36.9 Å². The minimum absolute atomic E-state index is 0.00362. The van der Waals surface area contributed by atoms with Gasteiger partial charge in [-0.2, -0.15) is 5.10 Å². The molecule has 0 radical (unpaired) electrons. The van der Waals surface area contributed by atoms with E-state index < -0.39 is 0 Å². The number of carbonyl (C=O) groups excluding carboxylic acids is 2. The van der Waals surface area contributed by atoms with E-state index in [-0.39, 0.29) is 23.9 Å². The number of aryl methyl sites for hydroxylation is 1. The Hall–Kier alpha value is -2.70. The Morgan fingerprint density at radius 2 is 2.12 bits per heavy atom. The van der Waals surface area contributed by atoms with Crippen LogP contribution in [0, 0.1) is 0 Å². The van der Waals surface area contributed by atoms with Crippen molar-refractivity contribution in [2.24, 2.45) is 7.05 Å². The van der Waals surface area contributed by atoms with Gasteiger partial charge in [-0.3, -0.25) is 19.3 Å². The Bertz CT molecular complexity index is 772. The van der Waals surface area contributed by atoms with Crippen LogP contribution in [-0.2, 0) is 11.8 Å². The highest BCUT2D eigenvalue weighted by Gasteiger charge is 2.45. The van der Waals surface area contributed by atoms with Gasteiger partial charge in [-0.05, 0) is 25.0 Å². The second-order valence-corrected chi connectivity index (χ2v) is 6.34. The van der Waals surface area contributed by atoms with E-state index in [4.69, 9.17) is 0 Å². The number of hydrogen-bond donors (Lipinski definition) is 0. The summed E-state index contributed by atoms with van der Waals surface area (Å²) in [5.74, 6) is 0.107. The summed E-state index contributed by atoms with van der Waals surface area (Å²) in [6.07, 6.45) is 8.78. The highest BCUT2D eigenvalue weighted by Crippen LogP contribution is 2.35. The third-order valence-corrected chi connectivity index (χ3v) is 4.90. The van der Waals surface area contributed by atoms with E-state index in [2.05, 4.69) is 10.1 Å². The molecule has 4 heterocycles. The molecule has 2 aliphatic heterocycles. The molecular formula is C17H19N5O2. The topological polar surface area (TPSA) is 71.3 Å². The molecule has 4 rings (SSSR count). The van der Waals surface area contributed by atoms with Gasteiger partial charge in [0.15, 0.2) is 0 Å². The van der Waals surface area contributed by atoms with Crippen molar-refractivity contribution in [3.63, 3.8) is 0 Å². The standard InChI is InChI=1S/C17H19N5O2/c1-20-11-13(10-19-20)22-15-6-8-21(14(15)4-5-16(22)23)17(24)12-3-2-7-18-9-12/h2-3,7,9-11,14-15H,4-6,8H2,1H3/t14-,15-/m1/s1. The lowest BCUT2D eigenvalue weighted by Gasteiger charge is -2.39. The summed E-state index contributed by atoms with van der Waals surface area (Å²) in [5.41, 5.74) is 1.41. The first-order valence-electron chi connectivity index (χ1n) is 8.17. The quantitative estimate of drug-likeness (QED) is 0.832. The van der Waals surface area contributed by atoms with Crippen LogP contribution in [0.5, 0.6) is 0 Å². The van der Waals surface area contributed by atoms with E-state index in [1.54, 1.807) is 35.4 Å². The molecule has 7 heteroatoms. The molecule has 0 N–H and O–H groups in total. The van der Waals surface area contributed by atoms with Gasteiger partial charge in [0.2, 0.25) is 5.91 Å². The summed E-state index contributed by atoms with van der Waals surface area (Å²) in [4.78, 5) is 33.0. The van der Waals surface area contributed by atoms with Crippen LogP contribution >= 0.6 is 0 Å². The summed E-state index contributed by atoms with van der Waals surface area (Å²) in [6, 6.07) is 3.63. The molecule has 24 heavy (non-hydrogen) atoms. The SMILES string of the molecule is Cn1cc(N2C(=O)CC[C@@H]3[C@H]2CCN3C(=O)c2cccnc2)cn1. The maximum atomic E-state index is 12.8. The number of nitrogens with zero attached hydrogens (tertiary/aromatic N) is 5. The van der Waals surface area contributed by atoms with Gasteiger partial charge < -0.3 is 9.80 Å². The van der Waals surface area contributed by atoms with E-state index in [0.717, 1.165) is 12.1 Å². The van der Waals surface area contributed by atoms with E-state index >= 15 is 0 Å². The molecule has 124 valence electrons. The first-order valence-corrected chi connectivity index (χ1v) is 8.17. The fourth-order valence-electron chi connectivity index (χ4n) is 3.84. The van der Waals surface area contributed by atoms with E-state index in [1.165, 1.54) is 0 Å². The van der Waals surface area contributed by atoms with E-state index in [0.29, 0.717) is 24.9 Å². The Kier molecular flexibility index (Phi) is 3.55. The average molecular weight is 325 g/mol. The van der Waals surface area contributed by atoms with Gasteiger partial charge >= 0.3 is 0 Å². The molecule has 0 aromatic carbocycles. The van der Waals surface area contributed by atoms with Gasteiger partial charge in [-0.25, -0.2) is 0 Å². The minimum atomic E-state index is -0.00362. The lowest BCUT2D eigenvalue weighted by atomic mass is 9.95. The predicted molar refractivity (Wildman–Crippen MR) is 87.4 cm³/mol. The number of carbonyl (C=O) groups is 2. The monoisotopic (exact) mass is 325 g/mol. The van der Waals surface area contributed by atoms with Crippen molar-refractivity contribution >= 4 is 17.5 Å². The summed E-state index contributed by atoms with van der Waals surface area (Å²) < 4.78 is 1.69. The highest BCUT2D eigenvalue weighted by molar-refractivity contribution is 5.97. The van der Waals surface area contributed by atoms with Crippen LogP contribution < -0.4 is 4.90 Å². The normalized spacial score (nSPS) is 23.5. The first-order chi connectivity index (χ1) is 11.6. The van der Waals surface area contributed by atoms with Gasteiger partial charge in [0, 0.05) is 38.6 Å². The lowest BCUT2D eigenvalue weighted by Crippen LogP contribution is -2.53. The molecule has 2 atom stereocenters. The molecular weight excluding hydrogens is 306 g/mol. The number of piperidine rings is 1.